The number of anilines is 1. The highest BCUT2D eigenvalue weighted by atomic mass is 19.1. The molecule has 1 aromatic carbocycles. The normalized spacial score (nSPS) is 14.4. The van der Waals surface area contributed by atoms with Crippen LogP contribution in [0.25, 0.3) is 0 Å². The molecule has 98 valence electrons. The van der Waals surface area contributed by atoms with Gasteiger partial charge in [0.1, 0.15) is 5.82 Å². The molecule has 1 aromatic rings. The second kappa shape index (κ2) is 5.35. The van der Waals surface area contributed by atoms with Gasteiger partial charge in [-0.15, -0.1) is 0 Å². The maximum atomic E-state index is 12.9. The molecule has 0 saturated heterocycles. The number of aryl methyl sites for hydroxylation is 1. The lowest BCUT2D eigenvalue weighted by molar-refractivity contribution is 0.185. The Labute approximate surface area is 105 Å². The number of aliphatic hydroxyl groups is 1. The number of hydrogen-bond donors (Lipinski definition) is 2. The molecule has 0 aliphatic heterocycles. The van der Waals surface area contributed by atoms with Gasteiger partial charge in [-0.1, -0.05) is 0 Å². The van der Waals surface area contributed by atoms with Gasteiger partial charge in [-0.25, -0.2) is 9.18 Å². The van der Waals surface area contributed by atoms with Crippen molar-refractivity contribution in [3.05, 3.63) is 29.6 Å². The number of carbonyl (C=O) groups excluding carboxylic acids is 1. The van der Waals surface area contributed by atoms with Crippen LogP contribution in [0.3, 0.4) is 0 Å². The zero-order valence-corrected chi connectivity index (χ0v) is 10.3. The van der Waals surface area contributed by atoms with E-state index in [2.05, 4.69) is 5.32 Å². The van der Waals surface area contributed by atoms with Gasteiger partial charge in [0.05, 0.1) is 6.61 Å². The first-order valence-corrected chi connectivity index (χ1v) is 6.06. The van der Waals surface area contributed by atoms with Crippen LogP contribution in [0.1, 0.15) is 18.4 Å². The predicted octanol–water partition coefficient (Wildman–Crippen LogP) is 2.12. The maximum Gasteiger partial charge on any atom is 0.322 e. The van der Waals surface area contributed by atoms with Crippen LogP contribution in [0.4, 0.5) is 14.9 Å². The lowest BCUT2D eigenvalue weighted by atomic mass is 10.2. The summed E-state index contributed by atoms with van der Waals surface area (Å²) in [6.07, 6.45) is 1.96. The van der Waals surface area contributed by atoms with Crippen LogP contribution in [0.15, 0.2) is 18.2 Å². The van der Waals surface area contributed by atoms with Crippen molar-refractivity contribution >= 4 is 11.7 Å². The van der Waals surface area contributed by atoms with Crippen LogP contribution in [0, 0.1) is 12.7 Å². The van der Waals surface area contributed by atoms with E-state index >= 15 is 0 Å². The number of aliphatic hydroxyl groups excluding tert-OH is 1. The molecule has 1 saturated carbocycles. The van der Waals surface area contributed by atoms with Gasteiger partial charge in [0, 0.05) is 18.3 Å². The lowest BCUT2D eigenvalue weighted by Gasteiger charge is -2.22. The molecule has 2 amide bonds. The van der Waals surface area contributed by atoms with E-state index in [1.807, 2.05) is 0 Å². The SMILES string of the molecule is Cc1cc(F)ccc1NC(=O)N(CCO)C1CC1. The molecule has 0 radical (unpaired) electrons. The fourth-order valence-electron chi connectivity index (χ4n) is 1.90. The zero-order valence-electron chi connectivity index (χ0n) is 10.3. The number of halogens is 1. The molecule has 1 aliphatic carbocycles. The largest absolute Gasteiger partial charge is 0.395 e. The number of amides is 2. The average molecular weight is 252 g/mol. The van der Waals surface area contributed by atoms with E-state index in [1.165, 1.54) is 12.1 Å². The summed E-state index contributed by atoms with van der Waals surface area (Å²) in [6, 6.07) is 4.24. The number of benzene rings is 1. The first-order chi connectivity index (χ1) is 8.61. The van der Waals surface area contributed by atoms with Crippen molar-refractivity contribution in [2.75, 3.05) is 18.5 Å². The van der Waals surface area contributed by atoms with E-state index in [0.29, 0.717) is 17.8 Å². The number of rotatable bonds is 4. The molecule has 5 heteroatoms. The first kappa shape index (κ1) is 12.8. The van der Waals surface area contributed by atoms with E-state index in [-0.39, 0.29) is 24.5 Å². The van der Waals surface area contributed by atoms with E-state index in [9.17, 15) is 9.18 Å². The minimum absolute atomic E-state index is 0.0493. The summed E-state index contributed by atoms with van der Waals surface area (Å²) in [7, 11) is 0. The average Bonchev–Trinajstić information content (AvgIpc) is 3.13. The Balaban J connectivity index is 2.05. The van der Waals surface area contributed by atoms with Gasteiger partial charge >= 0.3 is 6.03 Å². The topological polar surface area (TPSA) is 52.6 Å². The fraction of sp³-hybridized carbons (Fsp3) is 0.462. The lowest BCUT2D eigenvalue weighted by Crippen LogP contribution is -2.38. The highest BCUT2D eigenvalue weighted by Crippen LogP contribution is 2.27. The van der Waals surface area contributed by atoms with Crippen LogP contribution in [-0.4, -0.2) is 35.2 Å². The Morgan fingerprint density at radius 3 is 2.83 bits per heavy atom. The van der Waals surface area contributed by atoms with Gasteiger partial charge in [0.2, 0.25) is 0 Å². The van der Waals surface area contributed by atoms with Crippen molar-refractivity contribution in [2.45, 2.75) is 25.8 Å². The smallest absolute Gasteiger partial charge is 0.322 e. The summed E-state index contributed by atoms with van der Waals surface area (Å²) in [5.41, 5.74) is 1.29. The number of nitrogens with one attached hydrogen (secondary N) is 1. The summed E-state index contributed by atoms with van der Waals surface area (Å²) in [5.74, 6) is -0.320. The van der Waals surface area contributed by atoms with Crippen molar-refractivity contribution in [2.24, 2.45) is 0 Å². The van der Waals surface area contributed by atoms with Crippen molar-refractivity contribution in [3.8, 4) is 0 Å². The molecule has 0 bridgehead atoms. The summed E-state index contributed by atoms with van der Waals surface area (Å²) in [4.78, 5) is 13.7. The Morgan fingerprint density at radius 2 is 2.28 bits per heavy atom. The van der Waals surface area contributed by atoms with Crippen LogP contribution in [-0.2, 0) is 0 Å². The van der Waals surface area contributed by atoms with Gasteiger partial charge in [-0.3, -0.25) is 0 Å². The molecule has 4 nitrogen and oxygen atoms in total. The van der Waals surface area contributed by atoms with E-state index in [4.69, 9.17) is 5.11 Å². The van der Waals surface area contributed by atoms with Crippen molar-refractivity contribution in [3.63, 3.8) is 0 Å². The molecule has 0 spiro atoms. The Kier molecular flexibility index (Phi) is 3.81. The van der Waals surface area contributed by atoms with E-state index < -0.39 is 0 Å². The molecule has 1 aliphatic rings. The van der Waals surface area contributed by atoms with Crippen LogP contribution in [0.2, 0.25) is 0 Å². The quantitative estimate of drug-likeness (QED) is 0.862. The van der Waals surface area contributed by atoms with Crippen molar-refractivity contribution in [1.82, 2.24) is 4.90 Å². The van der Waals surface area contributed by atoms with Gasteiger partial charge in [0.15, 0.2) is 0 Å². The van der Waals surface area contributed by atoms with E-state index in [0.717, 1.165) is 12.8 Å². The molecule has 2 rings (SSSR count). The summed E-state index contributed by atoms with van der Waals surface area (Å²) >= 11 is 0. The van der Waals surface area contributed by atoms with Gasteiger partial charge in [-0.2, -0.15) is 0 Å². The predicted molar refractivity (Wildman–Crippen MR) is 67.0 cm³/mol. The fourth-order valence-corrected chi connectivity index (χ4v) is 1.90. The van der Waals surface area contributed by atoms with Crippen molar-refractivity contribution in [1.29, 1.82) is 0 Å². The minimum atomic E-state index is -0.320. The third-order valence-electron chi connectivity index (χ3n) is 3.02. The summed E-state index contributed by atoms with van der Waals surface area (Å²) in [6.45, 7) is 2.02. The first-order valence-electron chi connectivity index (χ1n) is 6.06. The number of carbonyl (C=O) groups is 1. The van der Waals surface area contributed by atoms with Crippen LogP contribution < -0.4 is 5.32 Å². The number of hydrogen-bond acceptors (Lipinski definition) is 2. The third kappa shape index (κ3) is 2.98. The highest BCUT2D eigenvalue weighted by Gasteiger charge is 2.32. The molecule has 2 N–H and O–H groups in total. The van der Waals surface area contributed by atoms with Gasteiger partial charge < -0.3 is 15.3 Å². The second-order valence-corrected chi connectivity index (χ2v) is 4.54. The Bertz CT molecular complexity index is 447. The van der Waals surface area contributed by atoms with Crippen LogP contribution >= 0.6 is 0 Å². The Morgan fingerprint density at radius 1 is 1.56 bits per heavy atom. The molecule has 0 atom stereocenters. The maximum absolute atomic E-state index is 12.9. The van der Waals surface area contributed by atoms with Gasteiger partial charge in [-0.05, 0) is 43.5 Å². The van der Waals surface area contributed by atoms with E-state index in [1.54, 1.807) is 17.9 Å². The second-order valence-electron chi connectivity index (χ2n) is 4.54. The zero-order chi connectivity index (χ0) is 13.1. The molecule has 1 fully saturated rings. The molecular weight excluding hydrogens is 235 g/mol. The highest BCUT2D eigenvalue weighted by molar-refractivity contribution is 5.90. The third-order valence-corrected chi connectivity index (χ3v) is 3.02. The molecular formula is C13H17FN2O2. The summed E-state index contributed by atoms with van der Waals surface area (Å²) in [5, 5.41) is 11.7. The molecule has 0 unspecified atom stereocenters. The van der Waals surface area contributed by atoms with Crippen LogP contribution in [0.5, 0.6) is 0 Å². The minimum Gasteiger partial charge on any atom is -0.395 e. The standard InChI is InChI=1S/C13H17FN2O2/c1-9-8-10(14)2-5-12(9)15-13(18)16(6-7-17)11-3-4-11/h2,5,8,11,17H,3-4,6-7H2,1H3,(H,15,18). The summed E-state index contributed by atoms with van der Waals surface area (Å²) < 4.78 is 12.9. The van der Waals surface area contributed by atoms with Crippen molar-refractivity contribution < 1.29 is 14.3 Å². The number of urea groups is 1. The monoisotopic (exact) mass is 252 g/mol. The molecule has 18 heavy (non-hydrogen) atoms. The Hall–Kier alpha value is -1.62. The van der Waals surface area contributed by atoms with Gasteiger partial charge in [0.25, 0.3) is 0 Å². The molecule has 0 heterocycles. The molecule has 0 aromatic heterocycles. The number of nitrogens with zero attached hydrogens (tertiary/aromatic N) is 1.